The van der Waals surface area contributed by atoms with Crippen LogP contribution in [0, 0.1) is 0 Å². The lowest BCUT2D eigenvalue weighted by molar-refractivity contribution is 0.0581. The van der Waals surface area contributed by atoms with Crippen molar-refractivity contribution in [1.82, 2.24) is 5.32 Å². The SMILES string of the molecule is COCCNCC(C)(O)Cc1ccc(OC)c(Br)c1. The molecule has 0 bridgehead atoms. The molecule has 5 heteroatoms. The van der Waals surface area contributed by atoms with E-state index in [2.05, 4.69) is 21.2 Å². The Labute approximate surface area is 123 Å². The van der Waals surface area contributed by atoms with E-state index in [0.717, 1.165) is 22.3 Å². The Bertz CT molecular complexity index is 396. The summed E-state index contributed by atoms with van der Waals surface area (Å²) in [5.74, 6) is 0.793. The molecule has 1 aromatic carbocycles. The maximum absolute atomic E-state index is 10.3. The highest BCUT2D eigenvalue weighted by molar-refractivity contribution is 9.10. The van der Waals surface area contributed by atoms with E-state index < -0.39 is 5.60 Å². The second-order valence-corrected chi connectivity index (χ2v) is 5.67. The van der Waals surface area contributed by atoms with Crippen molar-refractivity contribution in [1.29, 1.82) is 0 Å². The van der Waals surface area contributed by atoms with Crippen molar-refractivity contribution >= 4 is 15.9 Å². The molecule has 0 aliphatic carbocycles. The third-order valence-electron chi connectivity index (χ3n) is 2.79. The van der Waals surface area contributed by atoms with Crippen LogP contribution in [0.4, 0.5) is 0 Å². The van der Waals surface area contributed by atoms with Crippen LogP contribution >= 0.6 is 15.9 Å². The summed E-state index contributed by atoms with van der Waals surface area (Å²) in [6, 6.07) is 5.84. The Morgan fingerprint density at radius 1 is 1.37 bits per heavy atom. The van der Waals surface area contributed by atoms with Gasteiger partial charge in [-0.1, -0.05) is 6.07 Å². The molecule has 0 fully saturated rings. The standard InChI is InChI=1S/C14H22BrNO3/c1-14(17,10-16-6-7-18-2)9-11-4-5-13(19-3)12(15)8-11/h4-5,8,16-17H,6-7,9-10H2,1-3H3. The van der Waals surface area contributed by atoms with Crippen LogP contribution in [0.5, 0.6) is 5.75 Å². The van der Waals surface area contributed by atoms with Gasteiger partial charge < -0.3 is 19.9 Å². The number of halogens is 1. The van der Waals surface area contributed by atoms with E-state index in [4.69, 9.17) is 9.47 Å². The number of hydrogen-bond donors (Lipinski definition) is 2. The number of ether oxygens (including phenoxy) is 2. The minimum absolute atomic E-state index is 0.528. The monoisotopic (exact) mass is 331 g/mol. The van der Waals surface area contributed by atoms with E-state index in [1.54, 1.807) is 14.2 Å². The zero-order valence-electron chi connectivity index (χ0n) is 11.7. The lowest BCUT2D eigenvalue weighted by Gasteiger charge is -2.24. The Morgan fingerprint density at radius 2 is 2.11 bits per heavy atom. The van der Waals surface area contributed by atoms with Crippen LogP contribution in [0.15, 0.2) is 22.7 Å². The fourth-order valence-electron chi connectivity index (χ4n) is 1.85. The minimum atomic E-state index is -0.790. The van der Waals surface area contributed by atoms with Crippen molar-refractivity contribution in [2.75, 3.05) is 33.9 Å². The number of rotatable bonds is 8. The minimum Gasteiger partial charge on any atom is -0.496 e. The molecule has 0 amide bonds. The maximum atomic E-state index is 10.3. The van der Waals surface area contributed by atoms with Crippen molar-refractivity contribution < 1.29 is 14.6 Å². The first-order chi connectivity index (χ1) is 8.98. The third kappa shape index (κ3) is 5.91. The van der Waals surface area contributed by atoms with E-state index in [-0.39, 0.29) is 0 Å². The van der Waals surface area contributed by atoms with Crippen molar-refractivity contribution in [2.24, 2.45) is 0 Å². The van der Waals surface area contributed by atoms with Crippen LogP contribution in [-0.4, -0.2) is 44.6 Å². The van der Waals surface area contributed by atoms with E-state index in [1.807, 2.05) is 25.1 Å². The molecule has 1 atom stereocenters. The van der Waals surface area contributed by atoms with Crippen LogP contribution in [0.1, 0.15) is 12.5 Å². The zero-order chi connectivity index (χ0) is 14.3. The molecule has 0 aromatic heterocycles. The van der Waals surface area contributed by atoms with E-state index >= 15 is 0 Å². The third-order valence-corrected chi connectivity index (χ3v) is 3.41. The smallest absolute Gasteiger partial charge is 0.133 e. The second kappa shape index (κ2) is 7.85. The highest BCUT2D eigenvalue weighted by Gasteiger charge is 2.20. The van der Waals surface area contributed by atoms with E-state index in [0.29, 0.717) is 19.6 Å². The predicted octanol–water partition coefficient (Wildman–Crippen LogP) is 1.99. The van der Waals surface area contributed by atoms with Crippen LogP contribution in [0.25, 0.3) is 0 Å². The largest absolute Gasteiger partial charge is 0.496 e. The van der Waals surface area contributed by atoms with Gasteiger partial charge in [-0.25, -0.2) is 0 Å². The average molecular weight is 332 g/mol. The summed E-state index contributed by atoms with van der Waals surface area (Å²) in [4.78, 5) is 0. The molecule has 0 saturated heterocycles. The normalized spacial score (nSPS) is 14.2. The van der Waals surface area contributed by atoms with Gasteiger partial charge in [0.15, 0.2) is 0 Å². The Kier molecular flexibility index (Phi) is 6.79. The summed E-state index contributed by atoms with van der Waals surface area (Å²) < 4.78 is 11.0. The summed E-state index contributed by atoms with van der Waals surface area (Å²) in [7, 11) is 3.30. The molecular formula is C14H22BrNO3. The van der Waals surface area contributed by atoms with Crippen LogP contribution in [0.3, 0.4) is 0 Å². The lowest BCUT2D eigenvalue weighted by atomic mass is 9.96. The fraction of sp³-hybridized carbons (Fsp3) is 0.571. The van der Waals surface area contributed by atoms with Gasteiger partial charge in [0.1, 0.15) is 5.75 Å². The molecule has 19 heavy (non-hydrogen) atoms. The molecule has 0 aliphatic rings. The Morgan fingerprint density at radius 3 is 2.68 bits per heavy atom. The van der Waals surface area contributed by atoms with Gasteiger partial charge in [0.25, 0.3) is 0 Å². The van der Waals surface area contributed by atoms with Crippen molar-refractivity contribution in [3.8, 4) is 5.75 Å². The molecule has 0 heterocycles. The van der Waals surface area contributed by atoms with Gasteiger partial charge in [0, 0.05) is 26.6 Å². The molecular weight excluding hydrogens is 310 g/mol. The van der Waals surface area contributed by atoms with Gasteiger partial charge in [0.05, 0.1) is 23.8 Å². The molecule has 4 nitrogen and oxygen atoms in total. The summed E-state index contributed by atoms with van der Waals surface area (Å²) in [5, 5.41) is 13.5. The number of aliphatic hydroxyl groups is 1. The molecule has 0 aliphatic heterocycles. The quantitative estimate of drug-likeness (QED) is 0.715. The number of hydrogen-bond acceptors (Lipinski definition) is 4. The highest BCUT2D eigenvalue weighted by Crippen LogP contribution is 2.27. The van der Waals surface area contributed by atoms with Gasteiger partial charge in [-0.05, 0) is 40.5 Å². The molecule has 1 aromatic rings. The van der Waals surface area contributed by atoms with Crippen molar-refractivity contribution in [3.63, 3.8) is 0 Å². The molecule has 0 saturated carbocycles. The van der Waals surface area contributed by atoms with Gasteiger partial charge in [-0.15, -0.1) is 0 Å². The van der Waals surface area contributed by atoms with Crippen molar-refractivity contribution in [2.45, 2.75) is 18.9 Å². The van der Waals surface area contributed by atoms with Gasteiger partial charge >= 0.3 is 0 Å². The first-order valence-corrected chi connectivity index (χ1v) is 7.02. The number of benzene rings is 1. The summed E-state index contributed by atoms with van der Waals surface area (Å²) in [5.41, 5.74) is 0.271. The van der Waals surface area contributed by atoms with Gasteiger partial charge in [-0.2, -0.15) is 0 Å². The predicted molar refractivity (Wildman–Crippen MR) is 79.8 cm³/mol. The topological polar surface area (TPSA) is 50.7 Å². The highest BCUT2D eigenvalue weighted by atomic mass is 79.9. The van der Waals surface area contributed by atoms with Gasteiger partial charge in [-0.3, -0.25) is 0 Å². The number of nitrogens with one attached hydrogen (secondary N) is 1. The van der Waals surface area contributed by atoms with Crippen LogP contribution < -0.4 is 10.1 Å². The Balaban J connectivity index is 2.54. The zero-order valence-corrected chi connectivity index (χ0v) is 13.3. The first-order valence-electron chi connectivity index (χ1n) is 6.23. The van der Waals surface area contributed by atoms with E-state index in [9.17, 15) is 5.11 Å². The summed E-state index contributed by atoms with van der Waals surface area (Å²) >= 11 is 3.45. The lowest BCUT2D eigenvalue weighted by Crippen LogP contribution is -2.40. The number of methoxy groups -OCH3 is 2. The summed E-state index contributed by atoms with van der Waals surface area (Å²) in [6.07, 6.45) is 0.579. The van der Waals surface area contributed by atoms with Gasteiger partial charge in [0.2, 0.25) is 0 Å². The fourth-order valence-corrected chi connectivity index (χ4v) is 2.44. The van der Waals surface area contributed by atoms with Crippen LogP contribution in [-0.2, 0) is 11.2 Å². The maximum Gasteiger partial charge on any atom is 0.133 e. The van der Waals surface area contributed by atoms with Crippen molar-refractivity contribution in [3.05, 3.63) is 28.2 Å². The molecule has 2 N–H and O–H groups in total. The average Bonchev–Trinajstić information content (AvgIpc) is 2.34. The Hall–Kier alpha value is -0.620. The summed E-state index contributed by atoms with van der Waals surface area (Å²) in [6.45, 7) is 3.73. The second-order valence-electron chi connectivity index (χ2n) is 4.81. The molecule has 1 rings (SSSR count). The van der Waals surface area contributed by atoms with E-state index in [1.165, 1.54) is 0 Å². The first kappa shape index (κ1) is 16.4. The molecule has 0 radical (unpaired) electrons. The molecule has 1 unspecified atom stereocenters. The van der Waals surface area contributed by atoms with Crippen LogP contribution in [0.2, 0.25) is 0 Å². The molecule has 0 spiro atoms. The molecule has 108 valence electrons.